The quantitative estimate of drug-likeness (QED) is 0.808. The van der Waals surface area contributed by atoms with Crippen LogP contribution in [0.25, 0.3) is 11.5 Å². The van der Waals surface area contributed by atoms with E-state index >= 15 is 0 Å². The summed E-state index contributed by atoms with van der Waals surface area (Å²) in [5, 5.41) is 3.01. The number of oxazole rings is 1. The number of carbonyl (C=O) groups excluding carboxylic acids is 2. The van der Waals surface area contributed by atoms with E-state index < -0.39 is 12.1 Å². The van der Waals surface area contributed by atoms with Gasteiger partial charge in [-0.15, -0.1) is 0 Å². The third kappa shape index (κ3) is 4.56. The molecule has 1 heterocycles. The van der Waals surface area contributed by atoms with Crippen LogP contribution in [0, 0.1) is 12.8 Å². The van der Waals surface area contributed by atoms with Crippen LogP contribution in [0.15, 0.2) is 34.7 Å². The summed E-state index contributed by atoms with van der Waals surface area (Å²) < 4.78 is 10.9. The first kappa shape index (κ1) is 19.1. The van der Waals surface area contributed by atoms with Crippen LogP contribution < -0.4 is 5.32 Å². The Labute approximate surface area is 159 Å². The van der Waals surface area contributed by atoms with Crippen molar-refractivity contribution in [3.63, 3.8) is 0 Å². The molecule has 1 fully saturated rings. The third-order valence-corrected chi connectivity index (χ3v) is 5.10. The van der Waals surface area contributed by atoms with Gasteiger partial charge in [-0.1, -0.05) is 38.0 Å². The molecular weight excluding hydrogens is 344 g/mol. The van der Waals surface area contributed by atoms with Crippen LogP contribution in [0.1, 0.15) is 55.8 Å². The van der Waals surface area contributed by atoms with E-state index in [2.05, 4.69) is 17.2 Å². The molecule has 6 heteroatoms. The number of hydrogen-bond donors (Lipinski definition) is 1. The maximum absolute atomic E-state index is 12.5. The largest absolute Gasteiger partial charge is 0.448 e. The van der Waals surface area contributed by atoms with Crippen molar-refractivity contribution in [3.8, 4) is 11.5 Å². The third-order valence-electron chi connectivity index (χ3n) is 5.10. The number of ether oxygens (including phenoxy) is 1. The molecule has 144 valence electrons. The number of esters is 1. The van der Waals surface area contributed by atoms with E-state index in [1.54, 1.807) is 13.8 Å². The molecule has 1 N–H and O–H groups in total. The predicted octanol–water partition coefficient (Wildman–Crippen LogP) is 3.89. The van der Waals surface area contributed by atoms with Gasteiger partial charge in [-0.2, -0.15) is 0 Å². The summed E-state index contributed by atoms with van der Waals surface area (Å²) in [5.74, 6) is 0.238. The molecule has 3 atom stereocenters. The molecular formula is C21H26N2O4. The van der Waals surface area contributed by atoms with E-state index in [0.29, 0.717) is 17.6 Å². The number of carbonyl (C=O) groups is 2. The van der Waals surface area contributed by atoms with Gasteiger partial charge in [0.15, 0.2) is 11.8 Å². The molecule has 0 aliphatic heterocycles. The van der Waals surface area contributed by atoms with Gasteiger partial charge in [0.2, 0.25) is 5.89 Å². The van der Waals surface area contributed by atoms with Crippen LogP contribution in [-0.2, 0) is 9.53 Å². The van der Waals surface area contributed by atoms with Gasteiger partial charge in [0.25, 0.3) is 5.91 Å². The zero-order valence-corrected chi connectivity index (χ0v) is 16.0. The van der Waals surface area contributed by atoms with E-state index in [0.717, 1.165) is 24.8 Å². The number of hydrogen-bond acceptors (Lipinski definition) is 5. The van der Waals surface area contributed by atoms with Crippen LogP contribution in [0.3, 0.4) is 0 Å². The first-order valence-electron chi connectivity index (χ1n) is 9.50. The number of aryl methyl sites for hydroxylation is 1. The summed E-state index contributed by atoms with van der Waals surface area (Å²) in [4.78, 5) is 29.1. The zero-order valence-electron chi connectivity index (χ0n) is 16.0. The van der Waals surface area contributed by atoms with Gasteiger partial charge in [0.05, 0.1) is 0 Å². The van der Waals surface area contributed by atoms with Crippen LogP contribution in [0.5, 0.6) is 0 Å². The van der Waals surface area contributed by atoms with E-state index in [1.165, 1.54) is 6.42 Å². The summed E-state index contributed by atoms with van der Waals surface area (Å²) in [6.45, 7) is 5.38. The van der Waals surface area contributed by atoms with Gasteiger partial charge in [-0.25, -0.2) is 9.78 Å². The average Bonchev–Trinajstić information content (AvgIpc) is 3.06. The Morgan fingerprint density at radius 3 is 2.63 bits per heavy atom. The Hall–Kier alpha value is -2.63. The smallest absolute Gasteiger partial charge is 0.361 e. The van der Waals surface area contributed by atoms with Crippen molar-refractivity contribution < 1.29 is 18.7 Å². The molecule has 2 aromatic rings. The van der Waals surface area contributed by atoms with Crippen LogP contribution in [0.4, 0.5) is 0 Å². The summed E-state index contributed by atoms with van der Waals surface area (Å²) in [6, 6.07) is 9.47. The molecule has 0 radical (unpaired) electrons. The standard InChI is InChI=1S/C21H26N2O4/c1-13-9-7-8-12-17(13)22-19(24)15(3)27-21(25)18-14(2)26-20(23-18)16-10-5-4-6-11-16/h4-6,10-11,13,15,17H,7-9,12H2,1-3H3,(H,22,24)/t13-,15+,17-/m0/s1. The molecule has 6 nitrogen and oxygen atoms in total. The van der Waals surface area contributed by atoms with Crippen molar-refractivity contribution in [1.29, 1.82) is 0 Å². The molecule has 0 bridgehead atoms. The van der Waals surface area contributed by atoms with E-state index in [1.807, 2.05) is 30.3 Å². The lowest BCUT2D eigenvalue weighted by atomic mass is 9.86. The van der Waals surface area contributed by atoms with Gasteiger partial charge in [0, 0.05) is 11.6 Å². The highest BCUT2D eigenvalue weighted by Gasteiger charge is 2.28. The van der Waals surface area contributed by atoms with Crippen molar-refractivity contribution in [1.82, 2.24) is 10.3 Å². The Morgan fingerprint density at radius 2 is 1.93 bits per heavy atom. The number of nitrogens with zero attached hydrogens (tertiary/aromatic N) is 1. The summed E-state index contributed by atoms with van der Waals surface area (Å²) in [6.07, 6.45) is 3.51. The summed E-state index contributed by atoms with van der Waals surface area (Å²) in [5.41, 5.74) is 0.872. The van der Waals surface area contributed by atoms with Gasteiger partial charge >= 0.3 is 5.97 Å². The van der Waals surface area contributed by atoms with Crippen LogP contribution in [0.2, 0.25) is 0 Å². The molecule has 0 unspecified atom stereocenters. The second-order valence-electron chi connectivity index (χ2n) is 7.21. The Kier molecular flexibility index (Phi) is 5.94. The minimum Gasteiger partial charge on any atom is -0.448 e. The fourth-order valence-corrected chi connectivity index (χ4v) is 3.39. The number of aromatic nitrogens is 1. The molecule has 1 amide bonds. The van der Waals surface area contributed by atoms with E-state index in [4.69, 9.17) is 9.15 Å². The number of amides is 1. The van der Waals surface area contributed by atoms with Crippen LogP contribution in [-0.4, -0.2) is 29.0 Å². The summed E-state index contributed by atoms with van der Waals surface area (Å²) >= 11 is 0. The first-order valence-corrected chi connectivity index (χ1v) is 9.50. The zero-order chi connectivity index (χ0) is 19.4. The Morgan fingerprint density at radius 1 is 1.22 bits per heavy atom. The van der Waals surface area contributed by atoms with E-state index in [-0.39, 0.29) is 17.6 Å². The fourth-order valence-electron chi connectivity index (χ4n) is 3.39. The van der Waals surface area contributed by atoms with E-state index in [9.17, 15) is 9.59 Å². The SMILES string of the molecule is Cc1oc(-c2ccccc2)nc1C(=O)O[C@H](C)C(=O)N[C@H]1CCCC[C@@H]1C. The lowest BCUT2D eigenvalue weighted by Gasteiger charge is -2.30. The number of benzene rings is 1. The molecule has 1 aliphatic rings. The molecule has 1 aromatic heterocycles. The maximum atomic E-state index is 12.5. The highest BCUT2D eigenvalue weighted by Crippen LogP contribution is 2.24. The second-order valence-corrected chi connectivity index (χ2v) is 7.21. The Bertz CT molecular complexity index is 800. The maximum Gasteiger partial charge on any atom is 0.361 e. The topological polar surface area (TPSA) is 81.4 Å². The molecule has 3 rings (SSSR count). The van der Waals surface area contributed by atoms with Crippen molar-refractivity contribution in [2.45, 2.75) is 58.6 Å². The van der Waals surface area contributed by atoms with Crippen LogP contribution >= 0.6 is 0 Å². The van der Waals surface area contributed by atoms with Crippen molar-refractivity contribution >= 4 is 11.9 Å². The minimum atomic E-state index is -0.886. The summed E-state index contributed by atoms with van der Waals surface area (Å²) in [7, 11) is 0. The second kappa shape index (κ2) is 8.37. The lowest BCUT2D eigenvalue weighted by Crippen LogP contribution is -2.46. The number of rotatable bonds is 5. The lowest BCUT2D eigenvalue weighted by molar-refractivity contribution is -0.130. The van der Waals surface area contributed by atoms with Crippen molar-refractivity contribution in [3.05, 3.63) is 41.8 Å². The van der Waals surface area contributed by atoms with Crippen molar-refractivity contribution in [2.75, 3.05) is 0 Å². The Balaban J connectivity index is 1.63. The molecule has 1 aliphatic carbocycles. The monoisotopic (exact) mass is 370 g/mol. The van der Waals surface area contributed by atoms with Gasteiger partial charge in [0.1, 0.15) is 5.76 Å². The van der Waals surface area contributed by atoms with Gasteiger partial charge < -0.3 is 14.5 Å². The molecule has 27 heavy (non-hydrogen) atoms. The molecule has 0 spiro atoms. The van der Waals surface area contributed by atoms with Gasteiger partial charge in [-0.05, 0) is 44.7 Å². The molecule has 1 saturated carbocycles. The normalized spacial score (nSPS) is 20.7. The minimum absolute atomic E-state index is 0.0968. The number of nitrogens with one attached hydrogen (secondary N) is 1. The highest BCUT2D eigenvalue weighted by molar-refractivity contribution is 5.91. The fraction of sp³-hybridized carbons (Fsp3) is 0.476. The van der Waals surface area contributed by atoms with Crippen molar-refractivity contribution in [2.24, 2.45) is 5.92 Å². The molecule has 1 aromatic carbocycles. The highest BCUT2D eigenvalue weighted by atomic mass is 16.5. The first-order chi connectivity index (χ1) is 13.0. The molecule has 0 saturated heterocycles. The predicted molar refractivity (Wildman–Crippen MR) is 101 cm³/mol. The van der Waals surface area contributed by atoms with Gasteiger partial charge in [-0.3, -0.25) is 4.79 Å². The average molecular weight is 370 g/mol.